The van der Waals surface area contributed by atoms with E-state index in [2.05, 4.69) is 5.32 Å². The highest BCUT2D eigenvalue weighted by Crippen LogP contribution is 2.62. The smallest absolute Gasteiger partial charge is 0.235 e. The topological polar surface area (TPSA) is 167 Å². The Morgan fingerprint density at radius 1 is 1.18 bits per heavy atom. The number of hydrogen-bond donors (Lipinski definition) is 4. The van der Waals surface area contributed by atoms with E-state index in [9.17, 15) is 34.2 Å². The minimum Gasteiger partial charge on any atom is -0.505 e. The van der Waals surface area contributed by atoms with Gasteiger partial charge < -0.3 is 21.3 Å². The molecule has 5 N–H and O–H groups in total. The highest BCUT2D eigenvalue weighted by molar-refractivity contribution is 6.33. The van der Waals surface area contributed by atoms with E-state index in [1.807, 2.05) is 26.8 Å². The monoisotopic (exact) mass is 541 g/mol. The third-order valence-corrected chi connectivity index (χ3v) is 9.16. The number of hydrogen-bond acceptors (Lipinski definition) is 9. The van der Waals surface area contributed by atoms with Crippen LogP contribution in [0.3, 0.4) is 0 Å². The minimum atomic E-state index is -2.80. The number of phenolic OH excluding ortho intramolecular Hbond substituents is 1. The summed E-state index contributed by atoms with van der Waals surface area (Å²) in [6.45, 7) is 9.75. The molecule has 4 unspecified atom stereocenters. The van der Waals surface area contributed by atoms with Gasteiger partial charge in [-0.1, -0.05) is 34.6 Å². The number of nitrogens with two attached hydrogens (primary N) is 1. The molecular weight excluding hydrogens is 502 g/mol. The molecule has 0 radical (unpaired) electrons. The van der Waals surface area contributed by atoms with Crippen molar-refractivity contribution in [3.63, 3.8) is 0 Å². The van der Waals surface area contributed by atoms with Crippen molar-refractivity contribution >= 4 is 34.7 Å². The zero-order valence-corrected chi connectivity index (χ0v) is 23.7. The van der Waals surface area contributed by atoms with E-state index < -0.39 is 63.3 Å². The number of carbonyl (C=O) groups is 5. The Morgan fingerprint density at radius 2 is 1.79 bits per heavy atom. The van der Waals surface area contributed by atoms with Gasteiger partial charge in [0, 0.05) is 12.0 Å². The van der Waals surface area contributed by atoms with Gasteiger partial charge in [0.2, 0.25) is 5.91 Å². The third-order valence-electron chi connectivity index (χ3n) is 9.16. The largest absolute Gasteiger partial charge is 0.505 e. The molecule has 3 aliphatic carbocycles. The van der Waals surface area contributed by atoms with Gasteiger partial charge >= 0.3 is 0 Å². The predicted molar refractivity (Wildman–Crippen MR) is 143 cm³/mol. The van der Waals surface area contributed by atoms with E-state index in [0.29, 0.717) is 24.2 Å². The summed E-state index contributed by atoms with van der Waals surface area (Å²) in [7, 11) is 3.14. The molecule has 0 spiro atoms. The molecule has 0 heterocycles. The van der Waals surface area contributed by atoms with E-state index in [-0.39, 0.29) is 30.1 Å². The van der Waals surface area contributed by atoms with Crippen molar-refractivity contribution in [3.8, 4) is 5.75 Å². The summed E-state index contributed by atoms with van der Waals surface area (Å²) >= 11 is 0. The van der Waals surface area contributed by atoms with E-state index in [4.69, 9.17) is 5.73 Å². The van der Waals surface area contributed by atoms with Crippen LogP contribution in [0.25, 0.3) is 0 Å². The lowest BCUT2D eigenvalue weighted by atomic mass is 9.42. The van der Waals surface area contributed by atoms with E-state index in [0.717, 1.165) is 5.56 Å². The van der Waals surface area contributed by atoms with Gasteiger partial charge in [0.1, 0.15) is 5.75 Å². The maximum absolute atomic E-state index is 14.3. The van der Waals surface area contributed by atoms with Crippen LogP contribution in [-0.2, 0) is 32.0 Å². The fraction of sp³-hybridized carbons (Fsp3) is 0.621. The van der Waals surface area contributed by atoms with E-state index >= 15 is 0 Å². The summed E-state index contributed by atoms with van der Waals surface area (Å²) in [5, 5.41) is 26.4. The number of fused-ring (bicyclic) bond motifs is 3. The molecule has 6 atom stereocenters. The Kier molecular flexibility index (Phi) is 6.84. The Bertz CT molecular complexity index is 1300. The molecule has 4 rings (SSSR count). The lowest BCUT2D eigenvalue weighted by molar-refractivity contribution is -0.203. The number of rotatable bonds is 6. The molecule has 10 heteroatoms. The second kappa shape index (κ2) is 9.23. The Balaban J connectivity index is 1.95. The number of anilines is 1. The SMILES string of the molecule is CCc1cc(NCC(C)C)c(O)c2c1C[C@@]1(C)C[C@@]3(C)C(N(C)C)C(=O)C(C(N)=O)C(=O)C3(O)C(=O)C1C2=O. The fourth-order valence-corrected chi connectivity index (χ4v) is 7.62. The van der Waals surface area contributed by atoms with Crippen LogP contribution in [-0.4, -0.2) is 76.4 Å². The molecule has 1 aromatic carbocycles. The molecule has 3 aliphatic rings. The first kappa shape index (κ1) is 28.9. The molecule has 1 amide bonds. The number of aromatic hydroxyl groups is 1. The molecule has 39 heavy (non-hydrogen) atoms. The number of likely N-dealkylation sites (N-methyl/N-ethyl adjacent to an activating group) is 1. The van der Waals surface area contributed by atoms with Gasteiger partial charge in [-0.15, -0.1) is 0 Å². The van der Waals surface area contributed by atoms with E-state index in [1.54, 1.807) is 21.0 Å². The molecule has 212 valence electrons. The number of aryl methyl sites for hydroxylation is 1. The molecule has 0 aliphatic heterocycles. The van der Waals surface area contributed by atoms with Crippen LogP contribution >= 0.6 is 0 Å². The number of aliphatic hydroxyl groups is 1. The molecular formula is C29H39N3O7. The molecule has 10 nitrogen and oxygen atoms in total. The van der Waals surface area contributed by atoms with Crippen LogP contribution in [0.15, 0.2) is 6.07 Å². The number of amides is 1. The van der Waals surface area contributed by atoms with Gasteiger partial charge in [-0.05, 0) is 61.9 Å². The summed E-state index contributed by atoms with van der Waals surface area (Å²) in [5.74, 6) is -8.51. The highest BCUT2D eigenvalue weighted by Gasteiger charge is 2.76. The lowest BCUT2D eigenvalue weighted by Gasteiger charge is -2.61. The maximum atomic E-state index is 14.3. The summed E-state index contributed by atoms with van der Waals surface area (Å²) < 4.78 is 0. The minimum absolute atomic E-state index is 0.0126. The molecule has 2 fully saturated rings. The van der Waals surface area contributed by atoms with Gasteiger partial charge in [0.25, 0.3) is 0 Å². The number of Topliss-reactive ketones (excluding diaryl/α,β-unsaturated/α-hetero) is 4. The van der Waals surface area contributed by atoms with Crippen LogP contribution in [0.5, 0.6) is 5.75 Å². The molecule has 1 aromatic rings. The van der Waals surface area contributed by atoms with Crippen LogP contribution in [0.2, 0.25) is 0 Å². The summed E-state index contributed by atoms with van der Waals surface area (Å²) in [6.07, 6.45) is 0.764. The first-order valence-corrected chi connectivity index (χ1v) is 13.4. The number of benzene rings is 1. The molecule has 0 saturated heterocycles. The fourth-order valence-electron chi connectivity index (χ4n) is 7.62. The van der Waals surface area contributed by atoms with Crippen molar-refractivity contribution in [1.29, 1.82) is 0 Å². The second-order valence-electron chi connectivity index (χ2n) is 12.7. The summed E-state index contributed by atoms with van der Waals surface area (Å²) in [6, 6.07) is 0.641. The molecule has 2 saturated carbocycles. The van der Waals surface area contributed by atoms with Crippen molar-refractivity contribution in [2.45, 2.75) is 65.5 Å². The summed E-state index contributed by atoms with van der Waals surface area (Å²) in [5.41, 5.74) is 1.77. The number of phenols is 1. The Hall–Kier alpha value is -3.11. The number of primary amides is 1. The number of ketones is 4. The van der Waals surface area contributed by atoms with E-state index in [1.165, 1.54) is 11.8 Å². The highest BCUT2D eigenvalue weighted by atomic mass is 16.3. The molecule has 0 bridgehead atoms. The van der Waals surface area contributed by atoms with Crippen molar-refractivity contribution in [1.82, 2.24) is 4.90 Å². The van der Waals surface area contributed by atoms with Gasteiger partial charge in [0.15, 0.2) is 34.7 Å². The van der Waals surface area contributed by atoms with Crippen molar-refractivity contribution in [2.75, 3.05) is 26.0 Å². The first-order valence-electron chi connectivity index (χ1n) is 13.4. The van der Waals surface area contributed by atoms with Crippen molar-refractivity contribution in [3.05, 3.63) is 22.8 Å². The van der Waals surface area contributed by atoms with Gasteiger partial charge in [0.05, 0.1) is 23.2 Å². The zero-order chi connectivity index (χ0) is 29.4. The number of nitrogens with zero attached hydrogens (tertiary/aromatic N) is 1. The standard InChI is InChI=1S/C29H39N3O7/c1-8-14-9-16(31-11-13(2)3)20(33)17-15(14)10-27(4)12-28(5)23(32(6)7)22(35)18(26(30)38)24(36)29(28,39)25(37)19(27)21(17)34/h9,13,18-19,23,31,33,39H,8,10-12H2,1-7H3,(H2,30,38)/t18?,19?,23?,27-,28-,29?/m0/s1. The van der Waals surface area contributed by atoms with Gasteiger partial charge in [-0.25, -0.2) is 0 Å². The maximum Gasteiger partial charge on any atom is 0.235 e. The lowest BCUT2D eigenvalue weighted by Crippen LogP contribution is -2.79. The van der Waals surface area contributed by atoms with Crippen LogP contribution < -0.4 is 11.1 Å². The number of carbonyl (C=O) groups excluding carboxylic acids is 5. The van der Waals surface area contributed by atoms with Crippen LogP contribution in [0.4, 0.5) is 5.69 Å². The van der Waals surface area contributed by atoms with Crippen molar-refractivity contribution in [2.24, 2.45) is 34.3 Å². The Labute approximate surface area is 228 Å². The van der Waals surface area contributed by atoms with Gasteiger partial charge in [-0.3, -0.25) is 28.9 Å². The zero-order valence-electron chi connectivity index (χ0n) is 23.7. The summed E-state index contributed by atoms with van der Waals surface area (Å²) in [4.78, 5) is 69.3. The quantitative estimate of drug-likeness (QED) is 0.306. The average Bonchev–Trinajstić information content (AvgIpc) is 2.80. The van der Waals surface area contributed by atoms with Gasteiger partial charge in [-0.2, -0.15) is 0 Å². The van der Waals surface area contributed by atoms with Crippen LogP contribution in [0, 0.1) is 28.6 Å². The molecule has 0 aromatic heterocycles. The second-order valence-corrected chi connectivity index (χ2v) is 12.7. The first-order chi connectivity index (χ1) is 18.0. The third kappa shape index (κ3) is 3.78. The Morgan fingerprint density at radius 3 is 2.31 bits per heavy atom. The predicted octanol–water partition coefficient (Wildman–Crippen LogP) is 1.28. The normalized spacial score (nSPS) is 34.2. The average molecular weight is 542 g/mol. The number of nitrogens with one attached hydrogen (secondary N) is 1. The van der Waals surface area contributed by atoms with Crippen molar-refractivity contribution < 1.29 is 34.2 Å². The van der Waals surface area contributed by atoms with Crippen LogP contribution in [0.1, 0.15) is 62.5 Å².